The number of benzene rings is 1. The van der Waals surface area contributed by atoms with E-state index >= 15 is 0 Å². The van der Waals surface area contributed by atoms with Gasteiger partial charge in [-0.05, 0) is 96.0 Å². The summed E-state index contributed by atoms with van der Waals surface area (Å²) < 4.78 is 9.84. The van der Waals surface area contributed by atoms with Gasteiger partial charge in [0.05, 0.1) is 17.8 Å². The average Bonchev–Trinajstić information content (AvgIpc) is 3.47. The summed E-state index contributed by atoms with van der Waals surface area (Å²) in [5.41, 5.74) is 3.87. The molecule has 2 aromatic heterocycles. The zero-order chi connectivity index (χ0) is 23.3. The molecule has 3 heterocycles. The smallest absolute Gasteiger partial charge is 0.308 e. The molecule has 0 unspecified atom stereocenters. The van der Waals surface area contributed by atoms with Crippen LogP contribution < -0.4 is 10.5 Å². The number of pyridine rings is 1. The summed E-state index contributed by atoms with van der Waals surface area (Å²) >= 11 is 2.34. The molecule has 1 aliphatic heterocycles. The number of aryl methyl sites for hydroxylation is 2. The van der Waals surface area contributed by atoms with Gasteiger partial charge in [0.2, 0.25) is 0 Å². The molecule has 1 amide bonds. The highest BCUT2D eigenvalue weighted by molar-refractivity contribution is 14.1. The number of aromatic nitrogens is 3. The van der Waals surface area contributed by atoms with Crippen molar-refractivity contribution in [1.29, 1.82) is 0 Å². The lowest BCUT2D eigenvalue weighted by Crippen LogP contribution is -2.27. The number of hydrogen-bond donors (Lipinski definition) is 0. The third kappa shape index (κ3) is 4.08. The number of rotatable bonds is 3. The van der Waals surface area contributed by atoms with Gasteiger partial charge >= 0.3 is 5.91 Å². The van der Waals surface area contributed by atoms with Gasteiger partial charge in [-0.3, -0.25) is 23.9 Å². The molecule has 0 bridgehead atoms. The van der Waals surface area contributed by atoms with E-state index < -0.39 is 0 Å². The predicted octanol–water partition coefficient (Wildman–Crippen LogP) is 3.77. The highest BCUT2D eigenvalue weighted by Crippen LogP contribution is 2.46. The molecule has 33 heavy (non-hydrogen) atoms. The van der Waals surface area contributed by atoms with Crippen LogP contribution in [0.4, 0.5) is 11.5 Å². The Morgan fingerprint density at radius 3 is 2.70 bits per heavy atom. The number of ether oxygens (including phenoxy) is 1. The van der Waals surface area contributed by atoms with Crippen molar-refractivity contribution in [2.45, 2.75) is 32.1 Å². The Bertz CT molecular complexity index is 1380. The lowest BCUT2D eigenvalue weighted by atomic mass is 10.0. The van der Waals surface area contributed by atoms with Gasteiger partial charge in [0, 0.05) is 30.2 Å². The zero-order valence-electron chi connectivity index (χ0n) is 18.9. The van der Waals surface area contributed by atoms with Crippen molar-refractivity contribution in [2.75, 3.05) is 18.1 Å². The molecule has 170 valence electrons. The molecule has 7 nitrogen and oxygen atoms in total. The molecule has 2 aliphatic rings. The third-order valence-electron chi connectivity index (χ3n) is 6.47. The van der Waals surface area contributed by atoms with E-state index in [0.717, 1.165) is 36.1 Å². The first-order valence-corrected chi connectivity index (χ1v) is 12.2. The monoisotopic (exact) mass is 556 g/mol. The van der Waals surface area contributed by atoms with Crippen molar-refractivity contribution < 1.29 is 9.53 Å². The van der Waals surface area contributed by atoms with Crippen molar-refractivity contribution in [1.82, 2.24) is 14.3 Å². The second-order valence-corrected chi connectivity index (χ2v) is 9.96. The molecule has 8 heteroatoms. The first-order valence-electron chi connectivity index (χ1n) is 11.1. The standard InChI is InChI=1S/C25H25IN4O3/c1-15-12-21(18(13-19(15)26)17-5-6-17)30(23(31)9-4-16-10-11-33-14-16)22-8-7-20-24(27-22)25(32)29(3)28(20)2/h7-8,12-13,16-17H,5-6,10-11,14H2,1-3H3/t16-/m0/s1. The van der Waals surface area contributed by atoms with Gasteiger partial charge in [-0.25, -0.2) is 4.98 Å². The van der Waals surface area contributed by atoms with E-state index in [0.29, 0.717) is 36.0 Å². The molecule has 1 aromatic carbocycles. The highest BCUT2D eigenvalue weighted by atomic mass is 127. The first kappa shape index (κ1) is 22.2. The van der Waals surface area contributed by atoms with Crippen molar-refractivity contribution in [2.24, 2.45) is 20.0 Å². The van der Waals surface area contributed by atoms with Gasteiger partial charge in [0.15, 0.2) is 5.52 Å². The Labute approximate surface area is 205 Å². The minimum atomic E-state index is -0.344. The van der Waals surface area contributed by atoms with Gasteiger partial charge in [-0.1, -0.05) is 5.92 Å². The minimum Gasteiger partial charge on any atom is -0.380 e. The van der Waals surface area contributed by atoms with Crippen molar-refractivity contribution in [3.63, 3.8) is 0 Å². The first-order chi connectivity index (χ1) is 15.8. The van der Waals surface area contributed by atoms with Crippen LogP contribution >= 0.6 is 22.6 Å². The lowest BCUT2D eigenvalue weighted by molar-refractivity contribution is -0.112. The Morgan fingerprint density at radius 1 is 1.21 bits per heavy atom. The van der Waals surface area contributed by atoms with E-state index in [1.165, 1.54) is 8.25 Å². The van der Waals surface area contributed by atoms with Crippen molar-refractivity contribution >= 4 is 51.0 Å². The Hall–Kier alpha value is -2.64. The number of halogens is 1. The van der Waals surface area contributed by atoms with Crippen LogP contribution in [0.1, 0.15) is 36.3 Å². The molecule has 0 N–H and O–H groups in total. The number of fused-ring (bicyclic) bond motifs is 1. The molecule has 1 aliphatic carbocycles. The second kappa shape index (κ2) is 8.61. The topological polar surface area (TPSA) is 69.4 Å². The lowest BCUT2D eigenvalue weighted by Gasteiger charge is -2.24. The molecule has 0 radical (unpaired) electrons. The largest absolute Gasteiger partial charge is 0.380 e. The quantitative estimate of drug-likeness (QED) is 0.364. The van der Waals surface area contributed by atoms with E-state index in [4.69, 9.17) is 4.74 Å². The summed E-state index contributed by atoms with van der Waals surface area (Å²) in [6, 6.07) is 7.85. The summed E-state index contributed by atoms with van der Waals surface area (Å²) in [6.45, 7) is 3.27. The molecule has 0 spiro atoms. The van der Waals surface area contributed by atoms with Gasteiger partial charge in [-0.2, -0.15) is 0 Å². The summed E-state index contributed by atoms with van der Waals surface area (Å²) in [5, 5.41) is 0. The van der Waals surface area contributed by atoms with Crippen molar-refractivity contribution in [3.8, 4) is 11.8 Å². The van der Waals surface area contributed by atoms with Crippen LogP contribution in [-0.4, -0.2) is 33.5 Å². The predicted molar refractivity (Wildman–Crippen MR) is 136 cm³/mol. The fourth-order valence-electron chi connectivity index (χ4n) is 4.24. The van der Waals surface area contributed by atoms with Crippen LogP contribution in [0.3, 0.4) is 0 Å². The van der Waals surface area contributed by atoms with Gasteiger partial charge < -0.3 is 4.74 Å². The Kier molecular flexibility index (Phi) is 5.79. The molecule has 5 rings (SSSR count). The SMILES string of the molecule is Cc1cc(N(C(=O)C#C[C@H]2CCOC2)c2ccc3c(n2)c(=O)n(C)n3C)c(C2CC2)cc1I. The van der Waals surface area contributed by atoms with E-state index in [-0.39, 0.29) is 17.4 Å². The van der Waals surface area contributed by atoms with Crippen LogP contribution in [-0.2, 0) is 23.6 Å². The second-order valence-electron chi connectivity index (χ2n) is 8.79. The summed E-state index contributed by atoms with van der Waals surface area (Å²) in [7, 11) is 3.52. The van der Waals surface area contributed by atoms with E-state index in [1.807, 2.05) is 26.1 Å². The van der Waals surface area contributed by atoms with Crippen LogP contribution in [0.2, 0.25) is 0 Å². The van der Waals surface area contributed by atoms with Gasteiger partial charge in [-0.15, -0.1) is 0 Å². The molecule has 1 atom stereocenters. The Balaban J connectivity index is 1.68. The molecule has 3 aromatic rings. The fraction of sp³-hybridized carbons (Fsp3) is 0.400. The minimum absolute atomic E-state index is 0.0639. The molecular weight excluding hydrogens is 531 g/mol. The molecular formula is C25H25IN4O3. The normalized spacial score (nSPS) is 17.8. The number of nitrogens with zero attached hydrogens (tertiary/aromatic N) is 4. The molecule has 1 saturated heterocycles. The number of anilines is 2. The van der Waals surface area contributed by atoms with E-state index in [2.05, 4.69) is 45.5 Å². The summed E-state index contributed by atoms with van der Waals surface area (Å²) in [5.74, 6) is 6.49. The number of carbonyl (C=O) groups excluding carboxylic acids is 1. The fourth-order valence-corrected chi connectivity index (χ4v) is 4.73. The maximum atomic E-state index is 13.6. The van der Waals surface area contributed by atoms with E-state index in [1.54, 1.807) is 22.7 Å². The molecule has 2 fully saturated rings. The highest BCUT2D eigenvalue weighted by Gasteiger charge is 2.31. The number of amides is 1. The van der Waals surface area contributed by atoms with Crippen molar-refractivity contribution in [3.05, 3.63) is 49.3 Å². The summed E-state index contributed by atoms with van der Waals surface area (Å²) in [4.78, 5) is 32.6. The molecule has 1 saturated carbocycles. The zero-order valence-corrected chi connectivity index (χ0v) is 21.0. The maximum Gasteiger partial charge on any atom is 0.308 e. The van der Waals surface area contributed by atoms with Crippen LogP contribution in [0, 0.1) is 28.3 Å². The average molecular weight is 556 g/mol. The summed E-state index contributed by atoms with van der Waals surface area (Å²) in [6.07, 6.45) is 3.04. The van der Waals surface area contributed by atoms with Crippen LogP contribution in [0.25, 0.3) is 11.0 Å². The van der Waals surface area contributed by atoms with Gasteiger partial charge in [0.1, 0.15) is 5.82 Å². The maximum absolute atomic E-state index is 13.6. The van der Waals surface area contributed by atoms with Gasteiger partial charge in [0.25, 0.3) is 5.56 Å². The third-order valence-corrected chi connectivity index (χ3v) is 7.63. The van der Waals surface area contributed by atoms with Crippen LogP contribution in [0.5, 0.6) is 0 Å². The van der Waals surface area contributed by atoms with E-state index in [9.17, 15) is 9.59 Å². The van der Waals surface area contributed by atoms with Crippen LogP contribution in [0.15, 0.2) is 29.1 Å². The number of carbonyl (C=O) groups is 1. The Morgan fingerprint density at radius 2 is 2.00 bits per heavy atom. The number of hydrogen-bond acceptors (Lipinski definition) is 4.